The Morgan fingerprint density at radius 3 is 2.68 bits per heavy atom. The zero-order valence-electron chi connectivity index (χ0n) is 13.8. The van der Waals surface area contributed by atoms with Crippen LogP contribution in [0.1, 0.15) is 19.5 Å². The minimum atomic E-state index is -0.805. The van der Waals surface area contributed by atoms with Gasteiger partial charge in [-0.05, 0) is 32.0 Å². The molecule has 2 aromatic heterocycles. The lowest BCUT2D eigenvalue weighted by Gasteiger charge is -2.23. The molecule has 7 nitrogen and oxygen atoms in total. The highest BCUT2D eigenvalue weighted by Crippen LogP contribution is 2.19. The lowest BCUT2D eigenvalue weighted by molar-refractivity contribution is 0.241. The molecule has 1 aromatic carbocycles. The number of urea groups is 1. The molecule has 0 aliphatic heterocycles. The van der Waals surface area contributed by atoms with Crippen molar-refractivity contribution in [2.75, 3.05) is 5.32 Å². The summed E-state index contributed by atoms with van der Waals surface area (Å²) in [5.74, 6) is -0.606. The molecule has 8 heteroatoms. The zero-order valence-corrected chi connectivity index (χ0v) is 13.8. The van der Waals surface area contributed by atoms with Crippen molar-refractivity contribution in [1.82, 2.24) is 25.3 Å². The molecule has 0 saturated carbocycles. The smallest absolute Gasteiger partial charge is 0.320 e. The third kappa shape index (κ3) is 3.79. The lowest BCUT2D eigenvalue weighted by Crippen LogP contribution is -2.43. The van der Waals surface area contributed by atoms with Gasteiger partial charge in [-0.1, -0.05) is 23.4 Å². The first kappa shape index (κ1) is 16.6. The van der Waals surface area contributed by atoms with Gasteiger partial charge in [-0.15, -0.1) is 5.10 Å². The van der Waals surface area contributed by atoms with Gasteiger partial charge >= 0.3 is 6.03 Å². The summed E-state index contributed by atoms with van der Waals surface area (Å²) in [5.41, 5.74) is 0.680. The molecule has 25 heavy (non-hydrogen) atoms. The normalized spacial score (nSPS) is 11.2. The van der Waals surface area contributed by atoms with Crippen LogP contribution in [0.25, 0.3) is 5.69 Å². The van der Waals surface area contributed by atoms with Crippen molar-refractivity contribution in [3.63, 3.8) is 0 Å². The lowest BCUT2D eigenvalue weighted by atomic mass is 10.0. The highest BCUT2D eigenvalue weighted by molar-refractivity contribution is 5.89. The van der Waals surface area contributed by atoms with Gasteiger partial charge < -0.3 is 10.6 Å². The van der Waals surface area contributed by atoms with Crippen molar-refractivity contribution < 1.29 is 9.18 Å². The summed E-state index contributed by atoms with van der Waals surface area (Å²) in [5, 5.41) is 13.4. The minimum absolute atomic E-state index is 0.0521. The second-order valence-corrected chi connectivity index (χ2v) is 5.94. The summed E-state index contributed by atoms with van der Waals surface area (Å²) in [6.45, 7) is 3.57. The number of benzene rings is 1. The number of hydrogen-bond acceptors (Lipinski definition) is 4. The number of amides is 2. The van der Waals surface area contributed by atoms with Crippen molar-refractivity contribution in [2.24, 2.45) is 0 Å². The van der Waals surface area contributed by atoms with Crippen molar-refractivity contribution in [1.29, 1.82) is 0 Å². The molecule has 3 aromatic rings. The van der Waals surface area contributed by atoms with Crippen LogP contribution >= 0.6 is 0 Å². The van der Waals surface area contributed by atoms with Crippen molar-refractivity contribution in [2.45, 2.75) is 19.4 Å². The molecule has 0 spiro atoms. The number of rotatable bonds is 4. The Balaban J connectivity index is 1.72. The third-order valence-electron chi connectivity index (χ3n) is 3.60. The van der Waals surface area contributed by atoms with Crippen molar-refractivity contribution in [3.8, 4) is 5.69 Å². The van der Waals surface area contributed by atoms with Crippen LogP contribution in [0.15, 0.2) is 55.0 Å². The van der Waals surface area contributed by atoms with Gasteiger partial charge in [-0.25, -0.2) is 13.9 Å². The van der Waals surface area contributed by atoms with Crippen LogP contribution in [-0.2, 0) is 5.54 Å². The van der Waals surface area contributed by atoms with E-state index < -0.39 is 17.4 Å². The number of anilines is 1. The van der Waals surface area contributed by atoms with Crippen molar-refractivity contribution in [3.05, 3.63) is 66.5 Å². The monoisotopic (exact) mass is 340 g/mol. The van der Waals surface area contributed by atoms with E-state index in [1.807, 2.05) is 30.3 Å². The first-order valence-corrected chi connectivity index (χ1v) is 7.62. The SMILES string of the molecule is CC(C)(NC(=O)Nc1ccncc1F)c1cn(-c2ccccc2)nn1. The molecule has 0 saturated heterocycles. The molecular formula is C17H17FN6O. The maximum Gasteiger partial charge on any atom is 0.320 e. The van der Waals surface area contributed by atoms with Gasteiger partial charge in [0.1, 0.15) is 5.69 Å². The number of carbonyl (C=O) groups is 1. The fraction of sp³-hybridized carbons (Fsp3) is 0.176. The first-order chi connectivity index (χ1) is 12.0. The van der Waals surface area contributed by atoms with E-state index in [2.05, 4.69) is 25.9 Å². The summed E-state index contributed by atoms with van der Waals surface area (Å²) in [7, 11) is 0. The number of nitrogens with zero attached hydrogens (tertiary/aromatic N) is 4. The number of halogens is 1. The van der Waals surface area contributed by atoms with E-state index in [1.165, 1.54) is 12.3 Å². The van der Waals surface area contributed by atoms with E-state index in [9.17, 15) is 9.18 Å². The molecule has 0 atom stereocenters. The van der Waals surface area contributed by atoms with Gasteiger partial charge in [0.05, 0.1) is 29.3 Å². The predicted octanol–water partition coefficient (Wildman–Crippen LogP) is 2.86. The number of aromatic nitrogens is 4. The van der Waals surface area contributed by atoms with Crippen LogP contribution in [0, 0.1) is 5.82 Å². The van der Waals surface area contributed by atoms with E-state index >= 15 is 0 Å². The maximum atomic E-state index is 13.6. The number of nitrogens with one attached hydrogen (secondary N) is 2. The topological polar surface area (TPSA) is 84.7 Å². The second kappa shape index (κ2) is 6.68. The summed E-state index contributed by atoms with van der Waals surface area (Å²) < 4.78 is 15.2. The Hall–Kier alpha value is -3.29. The summed E-state index contributed by atoms with van der Waals surface area (Å²) >= 11 is 0. The van der Waals surface area contributed by atoms with Crippen molar-refractivity contribution >= 4 is 11.7 Å². The highest BCUT2D eigenvalue weighted by Gasteiger charge is 2.27. The summed E-state index contributed by atoms with van der Waals surface area (Å²) in [4.78, 5) is 15.8. The predicted molar refractivity (Wildman–Crippen MR) is 90.7 cm³/mol. The number of carbonyl (C=O) groups excluding carboxylic acids is 1. The largest absolute Gasteiger partial charge is 0.327 e. The van der Waals surface area contributed by atoms with Gasteiger partial charge in [-0.3, -0.25) is 4.98 Å². The average molecular weight is 340 g/mol. The van der Waals surface area contributed by atoms with Gasteiger partial charge in [0, 0.05) is 6.20 Å². The third-order valence-corrected chi connectivity index (χ3v) is 3.60. The summed E-state index contributed by atoms with van der Waals surface area (Å²) in [6.07, 6.45) is 4.17. The minimum Gasteiger partial charge on any atom is -0.327 e. The standard InChI is InChI=1S/C17H17FN6O/c1-17(2,21-16(25)20-14-8-9-19-10-13(14)18)15-11-24(23-22-15)12-6-4-3-5-7-12/h3-11H,1-2H3,(H2,19,20,21,25). The molecule has 2 N–H and O–H groups in total. The second-order valence-electron chi connectivity index (χ2n) is 5.94. The first-order valence-electron chi connectivity index (χ1n) is 7.62. The molecule has 0 radical (unpaired) electrons. The van der Waals surface area contributed by atoms with E-state index in [1.54, 1.807) is 24.7 Å². The quantitative estimate of drug-likeness (QED) is 0.765. The zero-order chi connectivity index (χ0) is 17.9. The number of pyridine rings is 1. The van der Waals surface area contributed by atoms with Gasteiger partial charge in [0.15, 0.2) is 5.82 Å². The van der Waals surface area contributed by atoms with Gasteiger partial charge in [-0.2, -0.15) is 0 Å². The number of para-hydroxylation sites is 1. The van der Waals surface area contributed by atoms with E-state index in [0.29, 0.717) is 5.69 Å². The molecule has 0 aliphatic carbocycles. The van der Waals surface area contributed by atoms with Crippen LogP contribution in [-0.4, -0.2) is 26.0 Å². The van der Waals surface area contributed by atoms with E-state index in [-0.39, 0.29) is 5.69 Å². The molecule has 0 unspecified atom stereocenters. The van der Waals surface area contributed by atoms with Crippen LogP contribution < -0.4 is 10.6 Å². The Morgan fingerprint density at radius 1 is 1.20 bits per heavy atom. The fourth-order valence-corrected chi connectivity index (χ4v) is 2.24. The van der Waals surface area contributed by atoms with E-state index in [4.69, 9.17) is 0 Å². The molecule has 3 rings (SSSR count). The molecule has 2 amide bonds. The fourth-order valence-electron chi connectivity index (χ4n) is 2.24. The maximum absolute atomic E-state index is 13.6. The Morgan fingerprint density at radius 2 is 1.96 bits per heavy atom. The molecule has 128 valence electrons. The highest BCUT2D eigenvalue weighted by atomic mass is 19.1. The van der Waals surface area contributed by atoms with Crippen LogP contribution in [0.4, 0.5) is 14.9 Å². The van der Waals surface area contributed by atoms with Crippen LogP contribution in [0.3, 0.4) is 0 Å². The van der Waals surface area contributed by atoms with Crippen LogP contribution in [0.5, 0.6) is 0 Å². The Kier molecular flexibility index (Phi) is 4.42. The van der Waals surface area contributed by atoms with E-state index in [0.717, 1.165) is 11.9 Å². The molecular weight excluding hydrogens is 323 g/mol. The molecule has 0 aliphatic rings. The average Bonchev–Trinajstić information content (AvgIpc) is 3.08. The number of hydrogen-bond donors (Lipinski definition) is 2. The Labute approximate surface area is 143 Å². The van der Waals surface area contributed by atoms with Crippen LogP contribution in [0.2, 0.25) is 0 Å². The Bertz CT molecular complexity index is 878. The molecule has 0 fully saturated rings. The summed E-state index contributed by atoms with van der Waals surface area (Å²) in [6, 6.07) is 10.3. The molecule has 0 bridgehead atoms. The van der Waals surface area contributed by atoms with Gasteiger partial charge in [0.2, 0.25) is 0 Å². The van der Waals surface area contributed by atoms with Gasteiger partial charge in [0.25, 0.3) is 0 Å². The molecule has 2 heterocycles.